The molecule has 0 spiro atoms. The molecule has 1 amide bonds. The SMILES string of the molecule is CCN(C(=O)C1CSCN1)c1ccccc1. The van der Waals surface area contributed by atoms with Crippen molar-refractivity contribution in [2.75, 3.05) is 23.1 Å². The van der Waals surface area contributed by atoms with Gasteiger partial charge in [0.05, 0.1) is 6.04 Å². The Balaban J connectivity index is 2.13. The van der Waals surface area contributed by atoms with Crippen LogP contribution in [0.5, 0.6) is 0 Å². The zero-order valence-corrected chi connectivity index (χ0v) is 10.2. The predicted octanol–water partition coefficient (Wildman–Crippen LogP) is 1.70. The fourth-order valence-electron chi connectivity index (χ4n) is 1.82. The Hall–Kier alpha value is -1.00. The highest BCUT2D eigenvalue weighted by atomic mass is 32.2. The molecule has 0 aliphatic carbocycles. The summed E-state index contributed by atoms with van der Waals surface area (Å²) in [6, 6.07) is 9.81. The van der Waals surface area contributed by atoms with Gasteiger partial charge in [0, 0.05) is 23.9 Å². The van der Waals surface area contributed by atoms with Gasteiger partial charge in [-0.25, -0.2) is 0 Å². The van der Waals surface area contributed by atoms with E-state index in [2.05, 4.69) is 5.32 Å². The van der Waals surface area contributed by atoms with Crippen LogP contribution in [0.2, 0.25) is 0 Å². The number of nitrogens with one attached hydrogen (secondary N) is 1. The molecule has 1 N–H and O–H groups in total. The van der Waals surface area contributed by atoms with Gasteiger partial charge >= 0.3 is 0 Å². The van der Waals surface area contributed by atoms with E-state index in [1.807, 2.05) is 42.2 Å². The third-order valence-corrected chi connectivity index (χ3v) is 3.60. The van der Waals surface area contributed by atoms with E-state index in [1.54, 1.807) is 11.8 Å². The van der Waals surface area contributed by atoms with E-state index in [4.69, 9.17) is 0 Å². The summed E-state index contributed by atoms with van der Waals surface area (Å²) in [6.07, 6.45) is 0. The number of carbonyl (C=O) groups is 1. The summed E-state index contributed by atoms with van der Waals surface area (Å²) in [5, 5.41) is 3.21. The number of anilines is 1. The molecule has 1 aromatic rings. The zero-order valence-electron chi connectivity index (χ0n) is 9.35. The molecule has 1 heterocycles. The highest BCUT2D eigenvalue weighted by Crippen LogP contribution is 2.17. The highest BCUT2D eigenvalue weighted by molar-refractivity contribution is 7.99. The van der Waals surface area contributed by atoms with Gasteiger partial charge in [-0.2, -0.15) is 0 Å². The van der Waals surface area contributed by atoms with Gasteiger partial charge in [-0.15, -0.1) is 11.8 Å². The smallest absolute Gasteiger partial charge is 0.244 e. The van der Waals surface area contributed by atoms with Gasteiger partial charge in [0.2, 0.25) is 5.91 Å². The Morgan fingerprint density at radius 3 is 2.81 bits per heavy atom. The first-order chi connectivity index (χ1) is 7.83. The van der Waals surface area contributed by atoms with E-state index in [-0.39, 0.29) is 11.9 Å². The minimum atomic E-state index is -0.0230. The van der Waals surface area contributed by atoms with Gasteiger partial charge in [0.15, 0.2) is 0 Å². The Kier molecular flexibility index (Phi) is 3.85. The third kappa shape index (κ3) is 2.39. The number of thioether (sulfide) groups is 1. The average molecular weight is 236 g/mol. The molecule has 0 aromatic heterocycles. The Labute approximate surface area is 100 Å². The molecule has 0 radical (unpaired) electrons. The summed E-state index contributed by atoms with van der Waals surface area (Å²) in [4.78, 5) is 14.1. The number of carbonyl (C=O) groups excluding carboxylic acids is 1. The number of rotatable bonds is 3. The lowest BCUT2D eigenvalue weighted by Crippen LogP contribution is -2.45. The molecule has 1 fully saturated rings. The summed E-state index contributed by atoms with van der Waals surface area (Å²) >= 11 is 1.77. The van der Waals surface area contributed by atoms with Gasteiger partial charge in [0.1, 0.15) is 0 Å². The van der Waals surface area contributed by atoms with Gasteiger partial charge in [0.25, 0.3) is 0 Å². The first kappa shape index (κ1) is 11.5. The van der Waals surface area contributed by atoms with Gasteiger partial charge in [-0.3, -0.25) is 10.1 Å². The molecule has 4 heteroatoms. The number of benzene rings is 1. The van der Waals surface area contributed by atoms with Crippen LogP contribution in [0.1, 0.15) is 6.92 Å². The van der Waals surface area contributed by atoms with Crippen molar-refractivity contribution in [1.29, 1.82) is 0 Å². The predicted molar refractivity (Wildman–Crippen MR) is 68.7 cm³/mol. The molecule has 2 rings (SSSR count). The lowest BCUT2D eigenvalue weighted by atomic mass is 10.2. The number of nitrogens with zero attached hydrogens (tertiary/aromatic N) is 1. The van der Waals surface area contributed by atoms with E-state index in [9.17, 15) is 4.79 Å². The van der Waals surface area contributed by atoms with Crippen LogP contribution in [0, 0.1) is 0 Å². The largest absolute Gasteiger partial charge is 0.311 e. The highest BCUT2D eigenvalue weighted by Gasteiger charge is 2.27. The van der Waals surface area contributed by atoms with Crippen molar-refractivity contribution < 1.29 is 4.79 Å². The Bertz CT molecular complexity index is 349. The minimum absolute atomic E-state index is 0.0230. The quantitative estimate of drug-likeness (QED) is 0.867. The molecule has 0 saturated carbocycles. The standard InChI is InChI=1S/C12H16N2OS/c1-2-14(10-6-4-3-5-7-10)12(15)11-8-16-9-13-11/h3-7,11,13H,2,8-9H2,1H3. The molecular formula is C12H16N2OS. The van der Waals surface area contributed by atoms with Gasteiger partial charge in [-0.05, 0) is 19.1 Å². The molecule has 1 saturated heterocycles. The van der Waals surface area contributed by atoms with Crippen LogP contribution >= 0.6 is 11.8 Å². The molecule has 1 aliphatic heterocycles. The van der Waals surface area contributed by atoms with Crippen LogP contribution in [0.15, 0.2) is 30.3 Å². The average Bonchev–Trinajstić information content (AvgIpc) is 2.85. The van der Waals surface area contributed by atoms with Crippen molar-refractivity contribution >= 4 is 23.4 Å². The minimum Gasteiger partial charge on any atom is -0.311 e. The van der Waals surface area contributed by atoms with E-state index >= 15 is 0 Å². The second-order valence-corrected chi connectivity index (χ2v) is 4.72. The number of para-hydroxylation sites is 1. The molecule has 1 aromatic carbocycles. The summed E-state index contributed by atoms with van der Waals surface area (Å²) in [5.41, 5.74) is 0.980. The topological polar surface area (TPSA) is 32.3 Å². The molecular weight excluding hydrogens is 220 g/mol. The fraction of sp³-hybridized carbons (Fsp3) is 0.417. The van der Waals surface area contributed by atoms with Crippen LogP contribution < -0.4 is 10.2 Å². The monoisotopic (exact) mass is 236 g/mol. The number of likely N-dealkylation sites (N-methyl/N-ethyl adjacent to an activating group) is 1. The Morgan fingerprint density at radius 1 is 1.50 bits per heavy atom. The summed E-state index contributed by atoms with van der Waals surface area (Å²) < 4.78 is 0. The van der Waals surface area contributed by atoms with Crippen LogP contribution in [0.4, 0.5) is 5.69 Å². The lowest BCUT2D eigenvalue weighted by molar-refractivity contribution is -0.119. The maximum atomic E-state index is 12.2. The normalized spacial score (nSPS) is 19.7. The zero-order chi connectivity index (χ0) is 11.4. The van der Waals surface area contributed by atoms with Crippen molar-refractivity contribution in [2.24, 2.45) is 0 Å². The summed E-state index contributed by atoms with van der Waals surface area (Å²) in [5.74, 6) is 1.93. The van der Waals surface area contributed by atoms with E-state index in [0.29, 0.717) is 6.54 Å². The molecule has 86 valence electrons. The Morgan fingerprint density at radius 2 is 2.25 bits per heavy atom. The first-order valence-electron chi connectivity index (χ1n) is 5.50. The lowest BCUT2D eigenvalue weighted by Gasteiger charge is -2.24. The second-order valence-electron chi connectivity index (χ2n) is 3.69. The summed E-state index contributed by atoms with van der Waals surface area (Å²) in [7, 11) is 0. The maximum absolute atomic E-state index is 12.2. The fourth-order valence-corrected chi connectivity index (χ4v) is 2.75. The first-order valence-corrected chi connectivity index (χ1v) is 6.66. The maximum Gasteiger partial charge on any atom is 0.244 e. The van der Waals surface area contributed by atoms with Crippen LogP contribution in [0.25, 0.3) is 0 Å². The molecule has 1 atom stereocenters. The molecule has 1 unspecified atom stereocenters. The van der Waals surface area contributed by atoms with E-state index < -0.39 is 0 Å². The van der Waals surface area contributed by atoms with Gasteiger partial charge in [-0.1, -0.05) is 18.2 Å². The van der Waals surface area contributed by atoms with Crippen molar-refractivity contribution in [3.63, 3.8) is 0 Å². The van der Waals surface area contributed by atoms with Crippen LogP contribution in [-0.2, 0) is 4.79 Å². The van der Waals surface area contributed by atoms with Crippen LogP contribution in [-0.4, -0.2) is 30.1 Å². The molecule has 1 aliphatic rings. The van der Waals surface area contributed by atoms with E-state index in [0.717, 1.165) is 17.3 Å². The van der Waals surface area contributed by atoms with Crippen molar-refractivity contribution in [1.82, 2.24) is 5.32 Å². The number of hydrogen-bond acceptors (Lipinski definition) is 3. The summed E-state index contributed by atoms with van der Waals surface area (Å²) in [6.45, 7) is 2.72. The molecule has 3 nitrogen and oxygen atoms in total. The van der Waals surface area contributed by atoms with Crippen LogP contribution in [0.3, 0.4) is 0 Å². The second kappa shape index (κ2) is 5.37. The molecule has 0 bridgehead atoms. The van der Waals surface area contributed by atoms with Gasteiger partial charge < -0.3 is 4.90 Å². The third-order valence-electron chi connectivity index (χ3n) is 2.66. The van der Waals surface area contributed by atoms with Crippen molar-refractivity contribution in [3.8, 4) is 0 Å². The van der Waals surface area contributed by atoms with E-state index in [1.165, 1.54) is 0 Å². The number of hydrogen-bond donors (Lipinski definition) is 1. The number of amides is 1. The molecule has 16 heavy (non-hydrogen) atoms. The van der Waals surface area contributed by atoms with Crippen molar-refractivity contribution in [2.45, 2.75) is 13.0 Å². The van der Waals surface area contributed by atoms with Crippen molar-refractivity contribution in [3.05, 3.63) is 30.3 Å².